The van der Waals surface area contributed by atoms with Gasteiger partial charge in [0.05, 0.1) is 16.4 Å². The maximum Gasteiger partial charge on any atom is 0.235 e. The second-order valence-electron chi connectivity index (χ2n) is 6.11. The van der Waals surface area contributed by atoms with Crippen LogP contribution in [0, 0.1) is 11.3 Å². The summed E-state index contributed by atoms with van der Waals surface area (Å²) in [5.41, 5.74) is 6.21. The fourth-order valence-corrected chi connectivity index (χ4v) is 3.57. The molecule has 0 aliphatic heterocycles. The van der Waals surface area contributed by atoms with E-state index in [1.54, 1.807) is 11.9 Å². The molecule has 1 aliphatic carbocycles. The molecule has 1 atom stereocenters. The van der Waals surface area contributed by atoms with Gasteiger partial charge in [-0.15, -0.1) is 0 Å². The lowest BCUT2D eigenvalue weighted by atomic mass is 9.61. The molecule has 0 bridgehead atoms. The third kappa shape index (κ3) is 2.92. The van der Waals surface area contributed by atoms with E-state index < -0.39 is 5.41 Å². The van der Waals surface area contributed by atoms with Crippen molar-refractivity contribution in [3.8, 4) is 0 Å². The number of nitrogens with two attached hydrogens (primary N) is 1. The van der Waals surface area contributed by atoms with Crippen molar-refractivity contribution >= 4 is 34.7 Å². The van der Waals surface area contributed by atoms with Crippen LogP contribution in [0.15, 0.2) is 24.3 Å². The third-order valence-electron chi connectivity index (χ3n) is 4.51. The summed E-state index contributed by atoms with van der Waals surface area (Å²) in [6, 6.07) is 7.49. The van der Waals surface area contributed by atoms with Gasteiger partial charge in [-0.1, -0.05) is 42.9 Å². The molecule has 0 heterocycles. The molecular formula is C16H21ClN2OS. The van der Waals surface area contributed by atoms with Crippen molar-refractivity contribution in [2.75, 3.05) is 7.05 Å². The van der Waals surface area contributed by atoms with Crippen molar-refractivity contribution < 1.29 is 4.79 Å². The van der Waals surface area contributed by atoms with Crippen molar-refractivity contribution in [2.24, 2.45) is 17.1 Å². The van der Waals surface area contributed by atoms with Gasteiger partial charge in [-0.2, -0.15) is 0 Å². The van der Waals surface area contributed by atoms with E-state index in [1.165, 1.54) is 0 Å². The van der Waals surface area contributed by atoms with Gasteiger partial charge >= 0.3 is 0 Å². The number of nitrogens with zero attached hydrogens (tertiary/aromatic N) is 1. The van der Waals surface area contributed by atoms with Crippen LogP contribution in [0.3, 0.4) is 0 Å². The Kier molecular flexibility index (Phi) is 4.59. The first-order valence-electron chi connectivity index (χ1n) is 7.10. The number of thiocarbonyl (C=S) groups is 1. The van der Waals surface area contributed by atoms with Gasteiger partial charge in [0.1, 0.15) is 0 Å². The van der Waals surface area contributed by atoms with Gasteiger partial charge in [0.25, 0.3) is 0 Å². The standard InChI is InChI=1S/C16H21ClN2OS/c1-10-8-16(9-10,14(18)21)15(20)19(3)11(2)12-5-4-6-13(17)7-12/h4-7,10-11H,8-9H2,1-3H3,(H2,18,21). The lowest BCUT2D eigenvalue weighted by Gasteiger charge is -2.47. The van der Waals surface area contributed by atoms with Crippen LogP contribution in [0.25, 0.3) is 0 Å². The Hall–Kier alpha value is -1.13. The number of rotatable bonds is 4. The molecule has 1 fully saturated rings. The summed E-state index contributed by atoms with van der Waals surface area (Å²) >= 11 is 11.2. The Morgan fingerprint density at radius 3 is 2.62 bits per heavy atom. The summed E-state index contributed by atoms with van der Waals surface area (Å²) in [4.78, 5) is 14.9. The highest BCUT2D eigenvalue weighted by atomic mass is 35.5. The van der Waals surface area contributed by atoms with Crippen LogP contribution in [0.2, 0.25) is 5.02 Å². The molecule has 21 heavy (non-hydrogen) atoms. The molecule has 0 saturated heterocycles. The predicted octanol–water partition coefficient (Wildman–Crippen LogP) is 3.56. The van der Waals surface area contributed by atoms with E-state index in [4.69, 9.17) is 29.6 Å². The molecule has 1 aliphatic rings. The average Bonchev–Trinajstić information content (AvgIpc) is 2.40. The first-order chi connectivity index (χ1) is 9.78. The van der Waals surface area contributed by atoms with Crippen molar-refractivity contribution in [3.63, 3.8) is 0 Å². The number of hydrogen-bond donors (Lipinski definition) is 1. The van der Waals surface area contributed by atoms with E-state index >= 15 is 0 Å². The van der Waals surface area contributed by atoms with Crippen LogP contribution >= 0.6 is 23.8 Å². The molecular weight excluding hydrogens is 304 g/mol. The zero-order valence-corrected chi connectivity index (χ0v) is 14.2. The van der Waals surface area contributed by atoms with Crippen molar-refractivity contribution in [1.82, 2.24) is 4.90 Å². The fourth-order valence-electron chi connectivity index (χ4n) is 3.11. The molecule has 3 nitrogen and oxygen atoms in total. The maximum absolute atomic E-state index is 12.9. The molecule has 1 aromatic carbocycles. The van der Waals surface area contributed by atoms with Crippen molar-refractivity contribution in [3.05, 3.63) is 34.9 Å². The highest BCUT2D eigenvalue weighted by Gasteiger charge is 2.52. The lowest BCUT2D eigenvalue weighted by Crippen LogP contribution is -2.56. The van der Waals surface area contributed by atoms with Gasteiger partial charge in [0, 0.05) is 12.1 Å². The Balaban J connectivity index is 2.21. The molecule has 2 N–H and O–H groups in total. The largest absolute Gasteiger partial charge is 0.392 e. The predicted molar refractivity (Wildman–Crippen MR) is 90.3 cm³/mol. The minimum absolute atomic E-state index is 0.0144. The van der Waals surface area contributed by atoms with Gasteiger partial charge in [-0.25, -0.2) is 0 Å². The van der Waals surface area contributed by atoms with Crippen molar-refractivity contribution in [2.45, 2.75) is 32.7 Å². The van der Waals surface area contributed by atoms with Crippen LogP contribution in [-0.4, -0.2) is 22.8 Å². The number of carbonyl (C=O) groups is 1. The van der Waals surface area contributed by atoms with E-state index in [2.05, 4.69) is 6.92 Å². The molecule has 1 amide bonds. The van der Waals surface area contributed by atoms with E-state index in [9.17, 15) is 4.79 Å². The normalized spacial score (nSPS) is 25.8. The quantitative estimate of drug-likeness (QED) is 0.861. The molecule has 0 spiro atoms. The van der Waals surface area contributed by atoms with E-state index in [1.807, 2.05) is 31.2 Å². The average molecular weight is 325 g/mol. The van der Waals surface area contributed by atoms with Gasteiger partial charge in [-0.3, -0.25) is 4.79 Å². The summed E-state index contributed by atoms with van der Waals surface area (Å²) in [7, 11) is 1.80. The van der Waals surface area contributed by atoms with Crippen LogP contribution < -0.4 is 5.73 Å². The second-order valence-corrected chi connectivity index (χ2v) is 6.98. The topological polar surface area (TPSA) is 46.3 Å². The lowest BCUT2D eigenvalue weighted by molar-refractivity contribution is -0.144. The molecule has 2 rings (SSSR count). The maximum atomic E-state index is 12.9. The Morgan fingerprint density at radius 1 is 1.52 bits per heavy atom. The molecule has 0 aromatic heterocycles. The molecule has 1 aromatic rings. The SMILES string of the molecule is CC1CC(C(=O)N(C)C(C)c2cccc(Cl)c2)(C(N)=S)C1. The highest BCUT2D eigenvalue weighted by Crippen LogP contribution is 2.47. The zero-order valence-electron chi connectivity index (χ0n) is 12.6. The van der Waals surface area contributed by atoms with E-state index in [0.29, 0.717) is 15.9 Å². The minimum Gasteiger partial charge on any atom is -0.392 e. The van der Waals surface area contributed by atoms with Crippen LogP contribution in [-0.2, 0) is 4.79 Å². The Morgan fingerprint density at radius 2 is 2.14 bits per heavy atom. The number of amides is 1. The van der Waals surface area contributed by atoms with Gasteiger partial charge in [0.2, 0.25) is 5.91 Å². The third-order valence-corrected chi connectivity index (χ3v) is 5.13. The summed E-state index contributed by atoms with van der Waals surface area (Å²) in [5, 5.41) is 0.668. The van der Waals surface area contributed by atoms with Gasteiger partial charge < -0.3 is 10.6 Å². The van der Waals surface area contributed by atoms with Gasteiger partial charge in [0.15, 0.2) is 0 Å². The summed E-state index contributed by atoms with van der Waals surface area (Å²) in [6.07, 6.45) is 1.49. The van der Waals surface area contributed by atoms with Crippen LogP contribution in [0.1, 0.15) is 38.3 Å². The Labute approximate surface area is 136 Å². The number of carbonyl (C=O) groups excluding carboxylic acids is 1. The highest BCUT2D eigenvalue weighted by molar-refractivity contribution is 7.80. The first-order valence-corrected chi connectivity index (χ1v) is 7.89. The summed E-state index contributed by atoms with van der Waals surface area (Å²) < 4.78 is 0. The summed E-state index contributed by atoms with van der Waals surface area (Å²) in [5.74, 6) is 0.505. The van der Waals surface area contributed by atoms with Gasteiger partial charge in [-0.05, 0) is 43.4 Å². The Bertz CT molecular complexity index is 569. The van der Waals surface area contributed by atoms with E-state index in [-0.39, 0.29) is 11.9 Å². The van der Waals surface area contributed by atoms with Crippen LogP contribution in [0.4, 0.5) is 0 Å². The molecule has 1 unspecified atom stereocenters. The number of benzene rings is 1. The smallest absolute Gasteiger partial charge is 0.235 e. The monoisotopic (exact) mass is 324 g/mol. The zero-order chi connectivity index (χ0) is 15.8. The van der Waals surface area contributed by atoms with E-state index in [0.717, 1.165) is 18.4 Å². The summed E-state index contributed by atoms with van der Waals surface area (Å²) in [6.45, 7) is 4.10. The number of halogens is 1. The van der Waals surface area contributed by atoms with Crippen molar-refractivity contribution in [1.29, 1.82) is 0 Å². The van der Waals surface area contributed by atoms with Crippen LogP contribution in [0.5, 0.6) is 0 Å². The minimum atomic E-state index is -0.656. The molecule has 5 heteroatoms. The first kappa shape index (κ1) is 16.2. The molecule has 0 radical (unpaired) electrons. The molecule has 114 valence electrons. The number of hydrogen-bond acceptors (Lipinski definition) is 2. The fraction of sp³-hybridized carbons (Fsp3) is 0.500. The second kappa shape index (κ2) is 5.93. The molecule has 1 saturated carbocycles.